The summed E-state index contributed by atoms with van der Waals surface area (Å²) in [5.41, 5.74) is 3.54. The summed E-state index contributed by atoms with van der Waals surface area (Å²) in [5.74, 6) is -1.53. The minimum absolute atomic E-state index is 0.0132. The number of alkyl carbamates (subject to hydrolysis) is 2. The number of carbonyl (C=O) groups is 4. The van der Waals surface area contributed by atoms with E-state index in [4.69, 9.17) is 9.47 Å². The fourth-order valence-corrected chi connectivity index (χ4v) is 5.38. The molecule has 0 aliphatic carbocycles. The molecule has 0 aliphatic heterocycles. The van der Waals surface area contributed by atoms with Crippen LogP contribution in [0.15, 0.2) is 84.9 Å². The van der Waals surface area contributed by atoms with E-state index in [2.05, 4.69) is 16.0 Å². The maximum Gasteiger partial charge on any atom is 0.407 e. The summed E-state index contributed by atoms with van der Waals surface area (Å²) < 4.78 is 9.51. The number of amides is 4. The molecule has 0 fully saturated rings. The zero-order valence-corrected chi connectivity index (χ0v) is 29.1. The molecule has 0 saturated heterocycles. The monoisotopic (exact) mass is 675 g/mol. The first-order chi connectivity index (χ1) is 23.4. The number of ether oxygens (including phenoxy) is 2. The maximum absolute atomic E-state index is 14.2. The molecule has 0 spiro atoms. The highest BCUT2D eigenvalue weighted by Crippen LogP contribution is 2.26. The van der Waals surface area contributed by atoms with Crippen molar-refractivity contribution in [3.63, 3.8) is 0 Å². The SMILES string of the molecule is COC(=O)N[C@H](C(=O)N[C@H](CCN(O)N(Cc1ccccc1-c1ccccc1)C(=O)[C@@H](NC(=O)OC)C(C)C)Cc1ccccc1)C(C)C. The third kappa shape index (κ3) is 11.6. The topological polar surface area (TPSA) is 150 Å². The lowest BCUT2D eigenvalue weighted by atomic mass is 9.98. The van der Waals surface area contributed by atoms with Gasteiger partial charge in [0.15, 0.2) is 0 Å². The Hall–Kier alpha value is -4.94. The third-order valence-corrected chi connectivity index (χ3v) is 8.10. The van der Waals surface area contributed by atoms with Crippen LogP contribution < -0.4 is 16.0 Å². The Labute approximate surface area is 288 Å². The first-order valence-corrected chi connectivity index (χ1v) is 16.4. The number of carbonyl (C=O) groups excluding carboxylic acids is 4. The van der Waals surface area contributed by atoms with Crippen molar-refractivity contribution >= 4 is 24.0 Å². The molecular formula is C37H49N5O7. The first-order valence-electron chi connectivity index (χ1n) is 16.4. The fraction of sp³-hybridized carbons (Fsp3) is 0.405. The zero-order chi connectivity index (χ0) is 35.9. The molecule has 0 radical (unpaired) electrons. The van der Waals surface area contributed by atoms with Crippen LogP contribution in [0.2, 0.25) is 0 Å². The normalized spacial score (nSPS) is 12.9. The van der Waals surface area contributed by atoms with Gasteiger partial charge in [-0.3, -0.25) is 14.8 Å². The van der Waals surface area contributed by atoms with Crippen molar-refractivity contribution in [3.8, 4) is 11.1 Å². The van der Waals surface area contributed by atoms with Crippen molar-refractivity contribution in [2.45, 2.75) is 65.2 Å². The van der Waals surface area contributed by atoms with Gasteiger partial charge in [-0.15, -0.1) is 0 Å². The van der Waals surface area contributed by atoms with Crippen molar-refractivity contribution in [2.24, 2.45) is 11.8 Å². The van der Waals surface area contributed by atoms with E-state index < -0.39 is 42.1 Å². The predicted molar refractivity (Wildman–Crippen MR) is 186 cm³/mol. The molecule has 3 aromatic rings. The summed E-state index contributed by atoms with van der Waals surface area (Å²) in [6.45, 7) is 7.13. The van der Waals surface area contributed by atoms with E-state index in [1.54, 1.807) is 13.8 Å². The van der Waals surface area contributed by atoms with Crippen molar-refractivity contribution < 1.29 is 33.9 Å². The number of hydrogen-bond acceptors (Lipinski definition) is 8. The van der Waals surface area contributed by atoms with Crippen LogP contribution in [0.3, 0.4) is 0 Å². The van der Waals surface area contributed by atoms with E-state index in [1.807, 2.05) is 98.8 Å². The second kappa shape index (κ2) is 19.2. The Balaban J connectivity index is 1.94. The zero-order valence-electron chi connectivity index (χ0n) is 29.1. The highest BCUT2D eigenvalue weighted by atomic mass is 16.6. The summed E-state index contributed by atoms with van der Waals surface area (Å²) >= 11 is 0. The van der Waals surface area contributed by atoms with Gasteiger partial charge in [0.2, 0.25) is 5.91 Å². The van der Waals surface area contributed by atoms with Crippen molar-refractivity contribution in [3.05, 3.63) is 96.1 Å². The van der Waals surface area contributed by atoms with Crippen LogP contribution in [0.5, 0.6) is 0 Å². The van der Waals surface area contributed by atoms with Gasteiger partial charge in [-0.25, -0.2) is 14.6 Å². The molecule has 49 heavy (non-hydrogen) atoms. The average molecular weight is 676 g/mol. The maximum atomic E-state index is 14.2. The summed E-state index contributed by atoms with van der Waals surface area (Å²) in [4.78, 5) is 51.9. The second-order valence-electron chi connectivity index (χ2n) is 12.4. The van der Waals surface area contributed by atoms with Crippen LogP contribution in [0.25, 0.3) is 11.1 Å². The Morgan fingerprint density at radius 1 is 0.714 bits per heavy atom. The molecule has 0 heterocycles. The predicted octanol–water partition coefficient (Wildman–Crippen LogP) is 5.17. The molecule has 0 aliphatic rings. The smallest absolute Gasteiger partial charge is 0.407 e. The van der Waals surface area contributed by atoms with E-state index in [0.717, 1.165) is 27.4 Å². The molecule has 3 rings (SSSR count). The molecule has 264 valence electrons. The third-order valence-electron chi connectivity index (χ3n) is 8.10. The quantitative estimate of drug-likeness (QED) is 0.152. The Morgan fingerprint density at radius 3 is 1.82 bits per heavy atom. The molecule has 12 nitrogen and oxygen atoms in total. The number of nitrogens with zero attached hydrogens (tertiary/aromatic N) is 2. The van der Waals surface area contributed by atoms with Crippen LogP contribution in [0.1, 0.15) is 45.2 Å². The number of rotatable bonds is 16. The Bertz CT molecular complexity index is 1500. The molecule has 0 unspecified atom stereocenters. The standard InChI is InChI=1S/C37H49N5O7/c1-25(2)32(39-36(45)48-5)34(43)38-30(23-27-15-9-7-10-16-27)21-22-42(47)41(35(44)33(26(3)4)40-37(46)49-6)24-29-19-13-14-20-31(29)28-17-11-8-12-18-28/h7-20,25-26,30,32-33,47H,21-24H2,1-6H3,(H,38,43)(H,39,45)(H,40,46)/t30-,32+,33+/m1/s1. The lowest BCUT2D eigenvalue weighted by Crippen LogP contribution is -2.56. The van der Waals surface area contributed by atoms with Gasteiger partial charge in [-0.05, 0) is 46.9 Å². The second-order valence-corrected chi connectivity index (χ2v) is 12.4. The average Bonchev–Trinajstić information content (AvgIpc) is 3.10. The van der Waals surface area contributed by atoms with Gasteiger partial charge < -0.3 is 25.4 Å². The molecule has 0 bridgehead atoms. The van der Waals surface area contributed by atoms with Gasteiger partial charge in [0.1, 0.15) is 12.1 Å². The van der Waals surface area contributed by atoms with E-state index in [0.29, 0.717) is 6.42 Å². The molecule has 4 N–H and O–H groups in total. The van der Waals surface area contributed by atoms with E-state index >= 15 is 0 Å². The van der Waals surface area contributed by atoms with Crippen LogP contribution in [-0.4, -0.2) is 78.3 Å². The molecule has 0 aromatic heterocycles. The Kier molecular flexibility index (Phi) is 15.1. The van der Waals surface area contributed by atoms with Crippen molar-refractivity contribution in [2.75, 3.05) is 20.8 Å². The number of hydroxylamine groups is 1. The van der Waals surface area contributed by atoms with Crippen LogP contribution in [0.4, 0.5) is 9.59 Å². The van der Waals surface area contributed by atoms with Gasteiger partial charge in [-0.2, -0.15) is 0 Å². The summed E-state index contributed by atoms with van der Waals surface area (Å²) in [5, 5.41) is 21.9. The molecule has 4 amide bonds. The first kappa shape index (κ1) is 38.5. The van der Waals surface area contributed by atoms with Gasteiger partial charge in [0, 0.05) is 12.6 Å². The molecule has 3 atom stereocenters. The summed E-state index contributed by atoms with van der Waals surface area (Å²) in [6.07, 6.45) is -0.847. The number of methoxy groups -OCH3 is 2. The van der Waals surface area contributed by atoms with E-state index in [9.17, 15) is 24.4 Å². The number of hydrazine groups is 1. The number of benzene rings is 3. The van der Waals surface area contributed by atoms with E-state index in [1.165, 1.54) is 19.2 Å². The van der Waals surface area contributed by atoms with Crippen molar-refractivity contribution in [1.82, 2.24) is 26.1 Å². The highest BCUT2D eigenvalue weighted by molar-refractivity contribution is 5.86. The molecule has 3 aromatic carbocycles. The van der Waals surface area contributed by atoms with Crippen LogP contribution in [-0.2, 0) is 32.0 Å². The molecule has 12 heteroatoms. The van der Waals surface area contributed by atoms with Gasteiger partial charge in [0.25, 0.3) is 5.91 Å². The van der Waals surface area contributed by atoms with Gasteiger partial charge in [-0.1, -0.05) is 118 Å². The number of nitrogens with one attached hydrogen (secondary N) is 3. The Morgan fingerprint density at radius 2 is 1.24 bits per heavy atom. The van der Waals surface area contributed by atoms with Crippen LogP contribution in [0, 0.1) is 11.8 Å². The van der Waals surface area contributed by atoms with Crippen molar-refractivity contribution in [1.29, 1.82) is 0 Å². The molecule has 0 saturated carbocycles. The lowest BCUT2D eigenvalue weighted by Gasteiger charge is -2.35. The van der Waals surface area contributed by atoms with Gasteiger partial charge in [0.05, 0.1) is 20.8 Å². The largest absolute Gasteiger partial charge is 0.453 e. The molecular weight excluding hydrogens is 626 g/mol. The summed E-state index contributed by atoms with van der Waals surface area (Å²) in [7, 11) is 2.45. The summed E-state index contributed by atoms with van der Waals surface area (Å²) in [6, 6.07) is 24.5. The minimum atomic E-state index is -1.01. The number of hydrogen-bond donors (Lipinski definition) is 4. The highest BCUT2D eigenvalue weighted by Gasteiger charge is 2.33. The minimum Gasteiger partial charge on any atom is -0.453 e. The lowest BCUT2D eigenvalue weighted by molar-refractivity contribution is -0.247. The van der Waals surface area contributed by atoms with E-state index in [-0.39, 0.29) is 31.3 Å². The fourth-order valence-electron chi connectivity index (χ4n) is 5.38. The van der Waals surface area contributed by atoms with Gasteiger partial charge >= 0.3 is 12.2 Å². The van der Waals surface area contributed by atoms with Crippen LogP contribution >= 0.6 is 0 Å².